The molecule has 1 rings (SSSR count). The van der Waals surface area contributed by atoms with E-state index in [2.05, 4.69) is 22.2 Å². The second-order valence-electron chi connectivity index (χ2n) is 4.85. The maximum absolute atomic E-state index is 11.7. The fourth-order valence-electron chi connectivity index (χ4n) is 1.83. The molecule has 1 atom stereocenters. The summed E-state index contributed by atoms with van der Waals surface area (Å²) in [6.45, 7) is 4.21. The van der Waals surface area contributed by atoms with Crippen molar-refractivity contribution in [2.45, 2.75) is 57.1 Å². The number of carbonyl (C=O) groups is 1. The number of amides is 1. The molecule has 0 aromatic carbocycles. The second kappa shape index (κ2) is 9.58. The van der Waals surface area contributed by atoms with E-state index in [4.69, 9.17) is 0 Å². The van der Waals surface area contributed by atoms with Gasteiger partial charge >= 0.3 is 0 Å². The molecule has 1 amide bonds. The molecule has 2 N–H and O–H groups in total. The van der Waals surface area contributed by atoms with Crippen LogP contribution in [0.15, 0.2) is 22.2 Å². The Morgan fingerprint density at radius 2 is 2.25 bits per heavy atom. The Bertz CT molecular complexity index is 462. The highest BCUT2D eigenvalue weighted by atomic mass is 32.2. The average Bonchev–Trinajstić information content (AvgIpc) is 2.41. The van der Waals surface area contributed by atoms with E-state index in [9.17, 15) is 9.59 Å². The summed E-state index contributed by atoms with van der Waals surface area (Å²) in [5, 5.41) is 3.44. The third-order valence-corrected chi connectivity index (χ3v) is 3.77. The van der Waals surface area contributed by atoms with Crippen molar-refractivity contribution in [1.29, 1.82) is 0 Å². The predicted octanol–water partition coefficient (Wildman–Crippen LogP) is 2.34. The molecule has 5 nitrogen and oxygen atoms in total. The van der Waals surface area contributed by atoms with Gasteiger partial charge in [-0.05, 0) is 13.3 Å². The predicted molar refractivity (Wildman–Crippen MR) is 81.9 cm³/mol. The minimum Gasteiger partial charge on any atom is -0.353 e. The van der Waals surface area contributed by atoms with E-state index in [1.165, 1.54) is 43.3 Å². The van der Waals surface area contributed by atoms with Gasteiger partial charge in [-0.2, -0.15) is 0 Å². The molecule has 0 unspecified atom stereocenters. The van der Waals surface area contributed by atoms with Gasteiger partial charge in [0.1, 0.15) is 0 Å². The standard InChI is InChI=1S/C14H23N3O2S/c1-3-4-5-6-7-11(2)16-13(19)10-20-14-15-9-8-12(18)17-14/h8-9,11H,3-7,10H2,1-2H3,(H,16,19)(H,15,17,18)/t11-/m1/s1. The minimum absolute atomic E-state index is 0.0236. The molecule has 0 saturated heterocycles. The number of nitrogens with zero attached hydrogens (tertiary/aromatic N) is 1. The molecule has 0 aliphatic carbocycles. The quantitative estimate of drug-likeness (QED) is 0.417. The lowest BCUT2D eigenvalue weighted by molar-refractivity contribution is -0.119. The molecule has 0 spiro atoms. The van der Waals surface area contributed by atoms with E-state index in [-0.39, 0.29) is 23.3 Å². The van der Waals surface area contributed by atoms with Crippen LogP contribution in [0.4, 0.5) is 0 Å². The highest BCUT2D eigenvalue weighted by Crippen LogP contribution is 2.10. The van der Waals surface area contributed by atoms with Crippen molar-refractivity contribution in [3.63, 3.8) is 0 Å². The molecule has 112 valence electrons. The monoisotopic (exact) mass is 297 g/mol. The molecule has 20 heavy (non-hydrogen) atoms. The lowest BCUT2D eigenvalue weighted by Gasteiger charge is -2.13. The van der Waals surface area contributed by atoms with E-state index in [0.29, 0.717) is 5.16 Å². The minimum atomic E-state index is -0.202. The number of thioether (sulfide) groups is 1. The maximum Gasteiger partial charge on any atom is 0.251 e. The van der Waals surface area contributed by atoms with E-state index in [1.54, 1.807) is 0 Å². The number of H-pyrrole nitrogens is 1. The van der Waals surface area contributed by atoms with Gasteiger partial charge in [0.05, 0.1) is 5.75 Å². The summed E-state index contributed by atoms with van der Waals surface area (Å²) in [5.74, 6) is 0.246. The van der Waals surface area contributed by atoms with Gasteiger partial charge in [-0.15, -0.1) is 0 Å². The zero-order chi connectivity index (χ0) is 14.8. The van der Waals surface area contributed by atoms with E-state index in [1.807, 2.05) is 6.92 Å². The van der Waals surface area contributed by atoms with Gasteiger partial charge in [0.25, 0.3) is 5.56 Å². The highest BCUT2D eigenvalue weighted by molar-refractivity contribution is 7.99. The Labute approximate surface area is 124 Å². The van der Waals surface area contributed by atoms with Crippen molar-refractivity contribution in [1.82, 2.24) is 15.3 Å². The van der Waals surface area contributed by atoms with Gasteiger partial charge in [0, 0.05) is 18.3 Å². The second-order valence-corrected chi connectivity index (χ2v) is 5.81. The molecule has 0 fully saturated rings. The number of carbonyl (C=O) groups excluding carboxylic acids is 1. The summed E-state index contributed by atoms with van der Waals surface area (Å²) in [7, 11) is 0. The van der Waals surface area contributed by atoms with Crippen LogP contribution in [0, 0.1) is 0 Å². The zero-order valence-electron chi connectivity index (χ0n) is 12.1. The van der Waals surface area contributed by atoms with Crippen molar-refractivity contribution < 1.29 is 4.79 Å². The van der Waals surface area contributed by atoms with E-state index >= 15 is 0 Å². The SMILES string of the molecule is CCCCCC[C@@H](C)NC(=O)CSc1nccc(=O)[nH]1. The van der Waals surface area contributed by atoms with Gasteiger partial charge in [0.15, 0.2) is 5.16 Å². The molecule has 6 heteroatoms. The van der Waals surface area contributed by atoms with Crippen LogP contribution in [0.25, 0.3) is 0 Å². The van der Waals surface area contributed by atoms with Crippen LogP contribution < -0.4 is 10.9 Å². The number of rotatable bonds is 9. The first-order valence-corrected chi connectivity index (χ1v) is 8.08. The van der Waals surface area contributed by atoms with Crippen LogP contribution in [0.3, 0.4) is 0 Å². The van der Waals surface area contributed by atoms with E-state index in [0.717, 1.165) is 12.8 Å². The number of unbranched alkanes of at least 4 members (excludes halogenated alkanes) is 3. The van der Waals surface area contributed by atoms with Gasteiger partial charge < -0.3 is 10.3 Å². The first-order valence-electron chi connectivity index (χ1n) is 7.09. The van der Waals surface area contributed by atoms with Crippen molar-refractivity contribution in [2.24, 2.45) is 0 Å². The Morgan fingerprint density at radius 3 is 2.95 bits per heavy atom. The van der Waals surface area contributed by atoms with Crippen LogP contribution in [-0.4, -0.2) is 27.7 Å². The smallest absolute Gasteiger partial charge is 0.251 e. The topological polar surface area (TPSA) is 74.8 Å². The summed E-state index contributed by atoms with van der Waals surface area (Å²) in [4.78, 5) is 29.4. The fraction of sp³-hybridized carbons (Fsp3) is 0.643. The largest absolute Gasteiger partial charge is 0.353 e. The fourth-order valence-corrected chi connectivity index (χ4v) is 2.48. The number of aromatic amines is 1. The Morgan fingerprint density at radius 1 is 1.45 bits per heavy atom. The highest BCUT2D eigenvalue weighted by Gasteiger charge is 2.08. The van der Waals surface area contributed by atoms with Crippen molar-refractivity contribution in [3.8, 4) is 0 Å². The molecule has 0 saturated carbocycles. The van der Waals surface area contributed by atoms with Crippen LogP contribution in [0.1, 0.15) is 46.0 Å². The molecule has 0 aliphatic rings. The third-order valence-electron chi connectivity index (χ3n) is 2.89. The Balaban J connectivity index is 2.21. The Hall–Kier alpha value is -1.30. The molecule has 1 heterocycles. The lowest BCUT2D eigenvalue weighted by atomic mass is 10.1. The molecule has 1 aromatic rings. The molecular formula is C14H23N3O2S. The number of aromatic nitrogens is 2. The summed E-state index contributed by atoms with van der Waals surface area (Å²) in [6, 6.07) is 1.55. The lowest BCUT2D eigenvalue weighted by Crippen LogP contribution is -2.33. The van der Waals surface area contributed by atoms with Gasteiger partial charge in [0.2, 0.25) is 5.91 Å². The van der Waals surface area contributed by atoms with Crippen LogP contribution >= 0.6 is 11.8 Å². The van der Waals surface area contributed by atoms with Crippen LogP contribution in [0.5, 0.6) is 0 Å². The molecule has 0 aliphatic heterocycles. The van der Waals surface area contributed by atoms with Gasteiger partial charge in [-0.3, -0.25) is 9.59 Å². The first-order chi connectivity index (χ1) is 9.61. The third kappa shape index (κ3) is 7.33. The van der Waals surface area contributed by atoms with Gasteiger partial charge in [-0.1, -0.05) is 44.4 Å². The molecule has 0 radical (unpaired) electrons. The molecule has 1 aromatic heterocycles. The molecule has 0 bridgehead atoms. The summed E-state index contributed by atoms with van der Waals surface area (Å²) < 4.78 is 0. The maximum atomic E-state index is 11.7. The Kier molecular flexibility index (Phi) is 8.02. The normalized spacial score (nSPS) is 12.1. The summed E-state index contributed by atoms with van der Waals surface area (Å²) in [6.07, 6.45) is 7.30. The summed E-state index contributed by atoms with van der Waals surface area (Å²) in [5.41, 5.74) is -0.202. The average molecular weight is 297 g/mol. The van der Waals surface area contributed by atoms with E-state index < -0.39 is 0 Å². The van der Waals surface area contributed by atoms with Crippen LogP contribution in [0.2, 0.25) is 0 Å². The van der Waals surface area contributed by atoms with Crippen molar-refractivity contribution in [2.75, 3.05) is 5.75 Å². The van der Waals surface area contributed by atoms with Crippen molar-refractivity contribution in [3.05, 3.63) is 22.6 Å². The summed E-state index contributed by atoms with van der Waals surface area (Å²) >= 11 is 1.24. The first kappa shape index (κ1) is 16.8. The zero-order valence-corrected chi connectivity index (χ0v) is 13.0. The number of hydrogen-bond donors (Lipinski definition) is 2. The van der Waals surface area contributed by atoms with Crippen LogP contribution in [-0.2, 0) is 4.79 Å². The number of nitrogens with one attached hydrogen (secondary N) is 2. The molecular weight excluding hydrogens is 274 g/mol. The van der Waals surface area contributed by atoms with Gasteiger partial charge in [-0.25, -0.2) is 4.98 Å². The van der Waals surface area contributed by atoms with Crippen molar-refractivity contribution >= 4 is 17.7 Å². The number of hydrogen-bond acceptors (Lipinski definition) is 4.